The van der Waals surface area contributed by atoms with Crippen LogP contribution in [0.4, 0.5) is 0 Å². The zero-order chi connectivity index (χ0) is 38.7. The summed E-state index contributed by atoms with van der Waals surface area (Å²) in [4.78, 5) is 0. The van der Waals surface area contributed by atoms with E-state index < -0.39 is 0 Å². The molecule has 0 radical (unpaired) electrons. The number of rotatable bonds is 0. The molecule has 4 heteroatoms. The van der Waals surface area contributed by atoms with E-state index in [1.165, 1.54) is 110 Å². The Bertz CT molecular complexity index is 3500. The third-order valence-electron chi connectivity index (χ3n) is 13.9. The number of hydrogen-bond donors (Lipinski definition) is 0. The van der Waals surface area contributed by atoms with Crippen LogP contribution in [0.15, 0.2) is 146 Å². The summed E-state index contributed by atoms with van der Waals surface area (Å²) in [6, 6.07) is 50.9. The highest BCUT2D eigenvalue weighted by Gasteiger charge is 2.49. The Labute approximate surface area is 336 Å². The molecule has 4 nitrogen and oxygen atoms in total. The quantitative estimate of drug-likeness (QED) is 0.0877. The Balaban J connectivity index is 0.000000125. The molecule has 0 saturated carbocycles. The Morgan fingerprint density at radius 1 is 0.431 bits per heavy atom. The summed E-state index contributed by atoms with van der Waals surface area (Å²) in [5.74, 6) is 2.03. The smallest absolute Gasteiger partial charge is 0.293 e. The Morgan fingerprint density at radius 2 is 1.12 bits per heavy atom. The van der Waals surface area contributed by atoms with Gasteiger partial charge in [-0.3, -0.25) is 0 Å². The van der Waals surface area contributed by atoms with Crippen molar-refractivity contribution in [1.29, 1.82) is 0 Å². The van der Waals surface area contributed by atoms with Gasteiger partial charge in [0.05, 0.1) is 16.5 Å². The molecule has 0 spiro atoms. The van der Waals surface area contributed by atoms with Crippen LogP contribution < -0.4 is 18.6 Å². The summed E-state index contributed by atoms with van der Waals surface area (Å²) in [6.07, 6.45) is 2.28. The lowest BCUT2D eigenvalue weighted by atomic mass is 9.78. The molecular formula is C54H40N2O2+2. The van der Waals surface area contributed by atoms with Crippen LogP contribution in [-0.2, 0) is 24.3 Å². The summed E-state index contributed by atoms with van der Waals surface area (Å²) in [5, 5.41) is 14.3. The lowest BCUT2D eigenvalue weighted by Crippen LogP contribution is -2.42. The molecule has 2 aromatic heterocycles. The molecule has 2 aliphatic carbocycles. The SMILES string of the molecule is CC1(C)c2c3[n+](cc4cc5ccccc5cc24)COc2cc4c(ccc5ccccc54)c1c2-3.CC1(C)c2cccc3c2-c2c1cc1c4ccccc4ccc1[n+]2CO3. The zero-order valence-electron chi connectivity index (χ0n) is 33.0. The van der Waals surface area contributed by atoms with Gasteiger partial charge in [0.25, 0.3) is 13.5 Å². The van der Waals surface area contributed by atoms with Crippen LogP contribution in [0, 0.1) is 0 Å². The number of nitrogens with zero attached hydrogens (tertiary/aromatic N) is 2. The number of ether oxygens (including phenoxy) is 2. The second-order valence-electron chi connectivity index (χ2n) is 17.6. The molecule has 0 amide bonds. The summed E-state index contributed by atoms with van der Waals surface area (Å²) in [5.41, 5.74) is 11.9. The highest BCUT2D eigenvalue weighted by Crippen LogP contribution is 2.57. The van der Waals surface area contributed by atoms with E-state index in [1.54, 1.807) is 0 Å². The molecule has 0 bridgehead atoms. The van der Waals surface area contributed by atoms with E-state index in [-0.39, 0.29) is 10.8 Å². The van der Waals surface area contributed by atoms with E-state index in [2.05, 4.69) is 183 Å². The van der Waals surface area contributed by atoms with Crippen LogP contribution >= 0.6 is 0 Å². The lowest BCUT2D eigenvalue weighted by Gasteiger charge is -2.23. The maximum absolute atomic E-state index is 6.41. The van der Waals surface area contributed by atoms with Crippen LogP contribution in [0.5, 0.6) is 11.5 Å². The summed E-state index contributed by atoms with van der Waals surface area (Å²) in [6.45, 7) is 10.6. The van der Waals surface area contributed by atoms with Crippen molar-refractivity contribution in [3.8, 4) is 34.0 Å². The van der Waals surface area contributed by atoms with Crippen LogP contribution in [0.25, 0.3) is 87.3 Å². The minimum atomic E-state index is -0.140. The van der Waals surface area contributed by atoms with Crippen LogP contribution in [0.2, 0.25) is 0 Å². The minimum Gasteiger partial charge on any atom is -0.435 e. The maximum atomic E-state index is 6.41. The maximum Gasteiger partial charge on any atom is 0.293 e. The Morgan fingerprint density at radius 3 is 1.91 bits per heavy atom. The van der Waals surface area contributed by atoms with Crippen LogP contribution in [-0.4, -0.2) is 0 Å². The van der Waals surface area contributed by atoms with Crippen molar-refractivity contribution in [2.45, 2.75) is 52.0 Å². The molecule has 8 aromatic carbocycles. The number of benzene rings is 8. The number of fused-ring (bicyclic) bond motifs is 11. The van der Waals surface area contributed by atoms with Gasteiger partial charge >= 0.3 is 0 Å². The lowest BCUT2D eigenvalue weighted by molar-refractivity contribution is -0.716. The molecule has 0 fully saturated rings. The van der Waals surface area contributed by atoms with Crippen molar-refractivity contribution in [2.75, 3.05) is 0 Å². The number of aromatic nitrogens is 2. The molecule has 10 aromatic rings. The van der Waals surface area contributed by atoms with E-state index in [9.17, 15) is 0 Å². The first-order chi connectivity index (χ1) is 28.3. The van der Waals surface area contributed by atoms with Crippen LogP contribution in [0.1, 0.15) is 49.9 Å². The predicted molar refractivity (Wildman–Crippen MR) is 235 cm³/mol. The first kappa shape index (κ1) is 32.3. The van der Waals surface area contributed by atoms with Crippen molar-refractivity contribution in [2.24, 2.45) is 0 Å². The molecule has 4 heterocycles. The predicted octanol–water partition coefficient (Wildman–Crippen LogP) is 12.2. The number of pyridine rings is 2. The second kappa shape index (κ2) is 11.0. The monoisotopic (exact) mass is 748 g/mol. The average Bonchev–Trinajstić information content (AvgIpc) is 3.65. The van der Waals surface area contributed by atoms with E-state index in [0.717, 1.165) is 11.5 Å². The summed E-state index contributed by atoms with van der Waals surface area (Å²) in [7, 11) is 0. The molecule has 0 atom stereocenters. The molecule has 0 unspecified atom stereocenters. The number of hydrogen-bond acceptors (Lipinski definition) is 2. The molecule has 14 rings (SSSR count). The molecule has 0 N–H and O–H groups in total. The van der Waals surface area contributed by atoms with Crippen molar-refractivity contribution >= 4 is 64.8 Å². The van der Waals surface area contributed by atoms with E-state index in [4.69, 9.17) is 9.47 Å². The summed E-state index contributed by atoms with van der Waals surface area (Å²) < 4.78 is 17.2. The Hall–Kier alpha value is -6.78. The topological polar surface area (TPSA) is 26.2 Å². The standard InChI is InChI=1S/C31H22NO.C23H18NO/c1-31(2)28-23-12-11-18-7-5-6-10-22(18)25(23)15-26-27(28)30-29(31)24-14-20-9-4-3-8-19(20)13-21(24)16-32(30)17-33-26;1-23(2)17-8-5-9-20-21(17)22-18(23)12-16-15-7-4-3-6-14(15)10-11-19(16)24(22)13-25-20/h3-16H,17H2,1-2H3;3-12H,13H2,1-2H3/q2*+1. The highest BCUT2D eigenvalue weighted by molar-refractivity contribution is 6.14. The minimum absolute atomic E-state index is 0.0126. The van der Waals surface area contributed by atoms with Gasteiger partial charge < -0.3 is 9.47 Å². The molecule has 4 aliphatic rings. The fourth-order valence-electron chi connectivity index (χ4n) is 11.2. The van der Waals surface area contributed by atoms with Crippen molar-refractivity contribution in [1.82, 2.24) is 0 Å². The van der Waals surface area contributed by atoms with Crippen molar-refractivity contribution in [3.63, 3.8) is 0 Å². The van der Waals surface area contributed by atoms with Gasteiger partial charge in [-0.15, -0.1) is 0 Å². The van der Waals surface area contributed by atoms with Gasteiger partial charge in [-0.1, -0.05) is 125 Å². The van der Waals surface area contributed by atoms with Gasteiger partial charge in [0.2, 0.25) is 16.9 Å². The zero-order valence-corrected chi connectivity index (χ0v) is 33.0. The molecule has 2 aliphatic heterocycles. The molecular weight excluding hydrogens is 709 g/mol. The normalized spacial score (nSPS) is 15.7. The van der Waals surface area contributed by atoms with Gasteiger partial charge in [0.15, 0.2) is 6.20 Å². The van der Waals surface area contributed by atoms with Gasteiger partial charge in [-0.25, -0.2) is 0 Å². The van der Waals surface area contributed by atoms with Crippen molar-refractivity contribution in [3.05, 3.63) is 168 Å². The van der Waals surface area contributed by atoms with Crippen molar-refractivity contribution < 1.29 is 18.6 Å². The molecule has 58 heavy (non-hydrogen) atoms. The van der Waals surface area contributed by atoms with Gasteiger partial charge in [-0.2, -0.15) is 9.13 Å². The Kier molecular flexibility index (Phi) is 6.12. The highest BCUT2D eigenvalue weighted by atomic mass is 16.5. The third kappa shape index (κ3) is 4.04. The van der Waals surface area contributed by atoms with Gasteiger partial charge in [0, 0.05) is 33.4 Å². The fourth-order valence-corrected chi connectivity index (χ4v) is 11.2. The fraction of sp³-hybridized carbons (Fsp3) is 0.148. The first-order valence-electron chi connectivity index (χ1n) is 20.4. The average molecular weight is 749 g/mol. The first-order valence-corrected chi connectivity index (χ1v) is 20.4. The van der Waals surface area contributed by atoms with Gasteiger partial charge in [-0.05, 0) is 96.0 Å². The van der Waals surface area contributed by atoms with Crippen LogP contribution in [0.3, 0.4) is 0 Å². The second-order valence-corrected chi connectivity index (χ2v) is 17.6. The van der Waals surface area contributed by atoms with E-state index in [1.807, 2.05) is 0 Å². The molecule has 0 saturated heterocycles. The summed E-state index contributed by atoms with van der Waals surface area (Å²) >= 11 is 0. The van der Waals surface area contributed by atoms with E-state index in [0.29, 0.717) is 13.5 Å². The van der Waals surface area contributed by atoms with Gasteiger partial charge in [0.1, 0.15) is 11.5 Å². The molecule has 276 valence electrons. The van der Waals surface area contributed by atoms with E-state index >= 15 is 0 Å². The largest absolute Gasteiger partial charge is 0.435 e. The third-order valence-corrected chi connectivity index (χ3v) is 13.9.